The first-order valence-corrected chi connectivity index (χ1v) is 6.04. The number of aromatic nitrogens is 2. The van der Waals surface area contributed by atoms with E-state index in [2.05, 4.69) is 47.1 Å². The molecule has 0 saturated carbocycles. The zero-order valence-electron chi connectivity index (χ0n) is 9.04. The summed E-state index contributed by atoms with van der Waals surface area (Å²) in [7, 11) is 0. The summed E-state index contributed by atoms with van der Waals surface area (Å²) in [5, 5.41) is 2.50. The second-order valence-electron chi connectivity index (χ2n) is 3.96. The first kappa shape index (κ1) is 13.4. The minimum atomic E-state index is -0.569. The quantitative estimate of drug-likeness (QED) is 0.841. The molecular formula is C9H11Br2N3O2. The van der Waals surface area contributed by atoms with E-state index in [1.165, 1.54) is 6.20 Å². The largest absolute Gasteiger partial charge is 0.444 e. The molecule has 16 heavy (non-hydrogen) atoms. The number of carbonyl (C=O) groups is 1. The second kappa shape index (κ2) is 5.09. The highest BCUT2D eigenvalue weighted by molar-refractivity contribution is 9.11. The van der Waals surface area contributed by atoms with Gasteiger partial charge in [-0.25, -0.2) is 14.8 Å². The van der Waals surface area contributed by atoms with Crippen molar-refractivity contribution in [2.75, 3.05) is 5.32 Å². The van der Waals surface area contributed by atoms with E-state index in [1.54, 1.807) is 20.8 Å². The summed E-state index contributed by atoms with van der Waals surface area (Å²) >= 11 is 6.33. The van der Waals surface area contributed by atoms with Crippen molar-refractivity contribution in [2.45, 2.75) is 26.4 Å². The Morgan fingerprint density at radius 3 is 2.62 bits per heavy atom. The average Bonchev–Trinajstić information content (AvgIpc) is 2.08. The molecule has 1 amide bonds. The highest BCUT2D eigenvalue weighted by Gasteiger charge is 2.17. The van der Waals surface area contributed by atoms with Crippen LogP contribution in [0.3, 0.4) is 0 Å². The average molecular weight is 353 g/mol. The molecule has 0 radical (unpaired) electrons. The van der Waals surface area contributed by atoms with Crippen molar-refractivity contribution in [1.29, 1.82) is 0 Å². The smallest absolute Gasteiger partial charge is 0.413 e. The van der Waals surface area contributed by atoms with Crippen LogP contribution in [0, 0.1) is 0 Å². The maximum Gasteiger partial charge on any atom is 0.413 e. The number of nitrogens with zero attached hydrogens (tertiary/aromatic N) is 2. The van der Waals surface area contributed by atoms with Crippen LogP contribution in [-0.4, -0.2) is 21.7 Å². The number of hydrogen-bond donors (Lipinski definition) is 1. The number of hydrogen-bond acceptors (Lipinski definition) is 4. The number of halogens is 2. The van der Waals surface area contributed by atoms with Gasteiger partial charge in [0.15, 0.2) is 5.82 Å². The molecule has 0 bridgehead atoms. The predicted octanol–water partition coefficient (Wildman–Crippen LogP) is 3.35. The molecule has 7 heteroatoms. The van der Waals surface area contributed by atoms with Gasteiger partial charge in [-0.05, 0) is 52.6 Å². The highest BCUT2D eigenvalue weighted by Crippen LogP contribution is 2.20. The van der Waals surface area contributed by atoms with E-state index in [0.29, 0.717) is 15.0 Å². The molecule has 1 N–H and O–H groups in total. The maximum atomic E-state index is 11.5. The van der Waals surface area contributed by atoms with Crippen LogP contribution in [-0.2, 0) is 4.74 Å². The lowest BCUT2D eigenvalue weighted by atomic mass is 10.2. The molecule has 5 nitrogen and oxygen atoms in total. The molecule has 0 fully saturated rings. The number of ether oxygens (including phenoxy) is 1. The van der Waals surface area contributed by atoms with Crippen LogP contribution in [0.4, 0.5) is 10.6 Å². The fourth-order valence-corrected chi connectivity index (χ4v) is 1.40. The first-order valence-electron chi connectivity index (χ1n) is 4.46. The summed E-state index contributed by atoms with van der Waals surface area (Å²) in [6, 6.07) is 0. The Bertz CT molecular complexity index is 404. The van der Waals surface area contributed by atoms with Crippen LogP contribution in [0.25, 0.3) is 0 Å². The lowest BCUT2D eigenvalue weighted by molar-refractivity contribution is 0.0635. The van der Waals surface area contributed by atoms with Gasteiger partial charge in [-0.1, -0.05) is 0 Å². The van der Waals surface area contributed by atoms with Crippen LogP contribution in [0.1, 0.15) is 20.8 Å². The summed E-state index contributed by atoms with van der Waals surface area (Å²) in [6.07, 6.45) is 0.949. The van der Waals surface area contributed by atoms with Gasteiger partial charge in [0, 0.05) is 0 Å². The maximum absolute atomic E-state index is 11.5. The van der Waals surface area contributed by atoms with Gasteiger partial charge < -0.3 is 4.74 Å². The van der Waals surface area contributed by atoms with Crippen molar-refractivity contribution in [1.82, 2.24) is 9.97 Å². The van der Waals surface area contributed by atoms with E-state index in [0.717, 1.165) is 0 Å². The minimum Gasteiger partial charge on any atom is -0.444 e. The van der Waals surface area contributed by atoms with Gasteiger partial charge in [0.05, 0.1) is 6.20 Å². The lowest BCUT2D eigenvalue weighted by Gasteiger charge is -2.19. The zero-order valence-corrected chi connectivity index (χ0v) is 12.2. The summed E-state index contributed by atoms with van der Waals surface area (Å²) in [4.78, 5) is 19.5. The molecule has 1 aromatic rings. The SMILES string of the molecule is CC(C)(C)OC(=O)Nc1nc(Br)cnc1Br. The number of rotatable bonds is 1. The van der Waals surface area contributed by atoms with Gasteiger partial charge in [0.25, 0.3) is 0 Å². The third-order valence-electron chi connectivity index (χ3n) is 1.32. The van der Waals surface area contributed by atoms with Crippen molar-refractivity contribution >= 4 is 43.8 Å². The van der Waals surface area contributed by atoms with Crippen molar-refractivity contribution in [3.05, 3.63) is 15.4 Å². The van der Waals surface area contributed by atoms with Crippen molar-refractivity contribution in [2.24, 2.45) is 0 Å². The topological polar surface area (TPSA) is 64.1 Å². The number of anilines is 1. The Balaban J connectivity index is 2.73. The lowest BCUT2D eigenvalue weighted by Crippen LogP contribution is -2.27. The molecule has 0 aliphatic carbocycles. The number of nitrogens with one attached hydrogen (secondary N) is 1. The summed E-state index contributed by atoms with van der Waals surface area (Å²) in [5.41, 5.74) is -0.546. The van der Waals surface area contributed by atoms with Crippen LogP contribution >= 0.6 is 31.9 Å². The molecule has 0 unspecified atom stereocenters. The Morgan fingerprint density at radius 1 is 1.44 bits per heavy atom. The molecule has 0 saturated heterocycles. The fraction of sp³-hybridized carbons (Fsp3) is 0.444. The van der Waals surface area contributed by atoms with Gasteiger partial charge in [-0.2, -0.15) is 0 Å². The standard InChI is InChI=1S/C9H11Br2N3O2/c1-9(2,3)16-8(15)14-7-6(11)12-4-5(10)13-7/h4H,1-3H3,(H,13,14,15). The van der Waals surface area contributed by atoms with Gasteiger partial charge in [0.1, 0.15) is 14.8 Å². The summed E-state index contributed by atoms with van der Waals surface area (Å²) in [5.74, 6) is 0.309. The predicted molar refractivity (Wildman–Crippen MR) is 67.3 cm³/mol. The summed E-state index contributed by atoms with van der Waals surface area (Å²) < 4.78 is 6.06. The normalized spacial score (nSPS) is 11.1. The summed E-state index contributed by atoms with van der Waals surface area (Å²) in [6.45, 7) is 5.36. The molecule has 0 spiro atoms. The monoisotopic (exact) mass is 351 g/mol. The van der Waals surface area contributed by atoms with Crippen LogP contribution in [0.15, 0.2) is 15.4 Å². The molecule has 0 aromatic carbocycles. The fourth-order valence-electron chi connectivity index (χ4n) is 0.833. The molecular weight excluding hydrogens is 342 g/mol. The van der Waals surface area contributed by atoms with Crippen molar-refractivity contribution < 1.29 is 9.53 Å². The van der Waals surface area contributed by atoms with E-state index in [9.17, 15) is 4.79 Å². The number of carbonyl (C=O) groups excluding carboxylic acids is 1. The van der Waals surface area contributed by atoms with E-state index in [4.69, 9.17) is 4.74 Å². The first-order chi connectivity index (χ1) is 7.28. The molecule has 0 atom stereocenters. The third kappa shape index (κ3) is 4.44. The Kier molecular flexibility index (Phi) is 4.26. The molecule has 0 aliphatic rings. The molecule has 1 aromatic heterocycles. The van der Waals surface area contributed by atoms with Crippen molar-refractivity contribution in [3.8, 4) is 0 Å². The third-order valence-corrected chi connectivity index (χ3v) is 2.28. The minimum absolute atomic E-state index is 0.309. The van der Waals surface area contributed by atoms with E-state index < -0.39 is 11.7 Å². The van der Waals surface area contributed by atoms with Crippen molar-refractivity contribution in [3.63, 3.8) is 0 Å². The van der Waals surface area contributed by atoms with Crippen LogP contribution in [0.2, 0.25) is 0 Å². The Labute approximate surface area is 110 Å². The molecule has 1 rings (SSSR count). The van der Waals surface area contributed by atoms with Gasteiger partial charge in [0.2, 0.25) is 0 Å². The zero-order chi connectivity index (χ0) is 12.3. The second-order valence-corrected chi connectivity index (χ2v) is 5.52. The molecule has 1 heterocycles. The van der Waals surface area contributed by atoms with Gasteiger partial charge >= 0.3 is 6.09 Å². The van der Waals surface area contributed by atoms with Crippen LogP contribution in [0.5, 0.6) is 0 Å². The van der Waals surface area contributed by atoms with Gasteiger partial charge in [-0.3, -0.25) is 5.32 Å². The Morgan fingerprint density at radius 2 is 2.06 bits per heavy atom. The van der Waals surface area contributed by atoms with Gasteiger partial charge in [-0.15, -0.1) is 0 Å². The molecule has 88 valence electrons. The molecule has 0 aliphatic heterocycles. The number of amides is 1. The van der Waals surface area contributed by atoms with E-state index in [-0.39, 0.29) is 0 Å². The Hall–Kier alpha value is -0.690. The van der Waals surface area contributed by atoms with Crippen LogP contribution < -0.4 is 5.32 Å². The highest BCUT2D eigenvalue weighted by atomic mass is 79.9. The van der Waals surface area contributed by atoms with E-state index in [1.807, 2.05) is 0 Å². The van der Waals surface area contributed by atoms with E-state index >= 15 is 0 Å².